The van der Waals surface area contributed by atoms with Crippen molar-refractivity contribution in [2.45, 2.75) is 36.0 Å². The molecule has 1 fully saturated rings. The van der Waals surface area contributed by atoms with Crippen LogP contribution in [0.3, 0.4) is 0 Å². The number of rotatable bonds is 7. The zero-order valence-electron chi connectivity index (χ0n) is 16.6. The molecule has 4 rings (SSSR count). The fourth-order valence-corrected chi connectivity index (χ4v) is 4.38. The monoisotopic (exact) mass is 445 g/mol. The summed E-state index contributed by atoms with van der Waals surface area (Å²) in [6.45, 7) is 3.05. The molecule has 31 heavy (non-hydrogen) atoms. The first kappa shape index (κ1) is 21.4. The van der Waals surface area contributed by atoms with E-state index in [1.54, 1.807) is 0 Å². The van der Waals surface area contributed by atoms with Crippen molar-refractivity contribution in [3.63, 3.8) is 0 Å². The number of likely N-dealkylation sites (tertiary alicyclic amines) is 1. The van der Waals surface area contributed by atoms with Crippen molar-refractivity contribution >= 4 is 17.7 Å². The van der Waals surface area contributed by atoms with Crippen LogP contribution in [-0.4, -0.2) is 43.9 Å². The van der Waals surface area contributed by atoms with Gasteiger partial charge in [0.25, 0.3) is 5.91 Å². The number of aromatic nitrogens is 3. The molecule has 0 unspecified atom stereocenters. The molecular weight excluding hydrogens is 424 g/mol. The highest BCUT2D eigenvalue weighted by Gasteiger charge is 2.22. The van der Waals surface area contributed by atoms with Gasteiger partial charge >= 0.3 is 0 Å². The van der Waals surface area contributed by atoms with Crippen LogP contribution in [0.5, 0.6) is 0 Å². The number of hydrogen-bond donors (Lipinski definition) is 2. The number of carbonyl (C=O) groups excluding carboxylic acids is 1. The Balaban J connectivity index is 1.66. The summed E-state index contributed by atoms with van der Waals surface area (Å²) in [7, 11) is 0. The van der Waals surface area contributed by atoms with E-state index >= 15 is 0 Å². The lowest BCUT2D eigenvalue weighted by atomic mass is 10.2. The van der Waals surface area contributed by atoms with Gasteiger partial charge < -0.3 is 4.57 Å². The van der Waals surface area contributed by atoms with E-state index in [1.807, 2.05) is 34.9 Å². The summed E-state index contributed by atoms with van der Waals surface area (Å²) in [6.07, 6.45) is 2.28. The molecule has 162 valence electrons. The number of hydrogen-bond acceptors (Lipinski definition) is 6. The summed E-state index contributed by atoms with van der Waals surface area (Å²) in [5.41, 5.74) is 2.07. The molecule has 2 aromatic carbocycles. The fourth-order valence-electron chi connectivity index (χ4n) is 3.52. The van der Waals surface area contributed by atoms with E-state index in [4.69, 9.17) is 5.21 Å². The van der Waals surface area contributed by atoms with Crippen molar-refractivity contribution in [1.82, 2.24) is 25.1 Å². The maximum Gasteiger partial charge on any atom is 0.274 e. The lowest BCUT2D eigenvalue weighted by Gasteiger charge is -2.16. The Morgan fingerprint density at radius 1 is 1.06 bits per heavy atom. The van der Waals surface area contributed by atoms with Crippen LogP contribution in [0.4, 0.5) is 8.78 Å². The Hall–Kier alpha value is -2.82. The number of halogens is 2. The molecule has 1 aromatic heterocycles. The van der Waals surface area contributed by atoms with Crippen molar-refractivity contribution < 1.29 is 18.8 Å². The van der Waals surface area contributed by atoms with Gasteiger partial charge in [-0.15, -0.1) is 10.2 Å². The summed E-state index contributed by atoms with van der Waals surface area (Å²) in [5.74, 6) is -2.10. The van der Waals surface area contributed by atoms with Crippen molar-refractivity contribution in [2.75, 3.05) is 13.1 Å². The lowest BCUT2D eigenvalue weighted by Crippen LogP contribution is -2.21. The average Bonchev–Trinajstić information content (AvgIpc) is 3.42. The second-order valence-electron chi connectivity index (χ2n) is 7.27. The van der Waals surface area contributed by atoms with Gasteiger partial charge in [0, 0.05) is 5.56 Å². The van der Waals surface area contributed by atoms with Gasteiger partial charge in [-0.3, -0.25) is 14.9 Å². The molecule has 2 heterocycles. The second kappa shape index (κ2) is 9.54. The fraction of sp³-hybridized carbons (Fsp3) is 0.286. The van der Waals surface area contributed by atoms with E-state index < -0.39 is 17.5 Å². The maximum absolute atomic E-state index is 14.6. The van der Waals surface area contributed by atoms with Crippen LogP contribution in [0, 0.1) is 11.6 Å². The van der Waals surface area contributed by atoms with Crippen LogP contribution in [0.1, 0.15) is 34.6 Å². The molecule has 3 aromatic rings. The minimum Gasteiger partial charge on any atom is -0.300 e. The van der Waals surface area contributed by atoms with Gasteiger partial charge in [-0.1, -0.05) is 30.3 Å². The highest BCUT2D eigenvalue weighted by Crippen LogP contribution is 2.33. The van der Waals surface area contributed by atoms with E-state index in [-0.39, 0.29) is 10.5 Å². The summed E-state index contributed by atoms with van der Waals surface area (Å²) >= 11 is 0.820. The Kier molecular flexibility index (Phi) is 6.59. The van der Waals surface area contributed by atoms with Crippen molar-refractivity contribution in [1.29, 1.82) is 0 Å². The quantitative estimate of drug-likeness (QED) is 0.428. The molecule has 0 radical (unpaired) electrons. The van der Waals surface area contributed by atoms with Crippen LogP contribution in [-0.2, 0) is 13.1 Å². The molecule has 0 aliphatic carbocycles. The van der Waals surface area contributed by atoms with Gasteiger partial charge in [0.2, 0.25) is 0 Å². The molecule has 0 spiro atoms. The Morgan fingerprint density at radius 3 is 2.39 bits per heavy atom. The molecule has 1 aliphatic heterocycles. The van der Waals surface area contributed by atoms with E-state index in [9.17, 15) is 13.6 Å². The Labute approximate surface area is 182 Å². The minimum atomic E-state index is -0.991. The molecule has 10 heteroatoms. The summed E-state index contributed by atoms with van der Waals surface area (Å²) in [4.78, 5) is 13.5. The molecule has 0 saturated carbocycles. The van der Waals surface area contributed by atoms with E-state index in [2.05, 4.69) is 15.1 Å². The highest BCUT2D eigenvalue weighted by atomic mass is 32.2. The number of hydroxylamine groups is 1. The molecule has 0 bridgehead atoms. The number of nitrogens with zero attached hydrogens (tertiary/aromatic N) is 4. The first-order chi connectivity index (χ1) is 15.0. The van der Waals surface area contributed by atoms with Gasteiger partial charge in [-0.05, 0) is 55.4 Å². The topological polar surface area (TPSA) is 83.3 Å². The summed E-state index contributed by atoms with van der Waals surface area (Å²) in [6, 6.07) is 11.5. The minimum absolute atomic E-state index is 0.288. The SMILES string of the molecule is O=C(NO)c1cc(F)c(Sc2nnc(CN3CCCC3)n2Cc2ccccc2)c(F)c1. The van der Waals surface area contributed by atoms with Gasteiger partial charge in [0.05, 0.1) is 18.0 Å². The van der Waals surface area contributed by atoms with Crippen molar-refractivity contribution in [2.24, 2.45) is 0 Å². The van der Waals surface area contributed by atoms with Gasteiger partial charge in [0.1, 0.15) is 17.5 Å². The Morgan fingerprint density at radius 2 is 1.74 bits per heavy atom. The number of benzene rings is 2. The van der Waals surface area contributed by atoms with Crippen molar-refractivity contribution in [3.05, 3.63) is 71.1 Å². The van der Waals surface area contributed by atoms with Gasteiger partial charge in [-0.25, -0.2) is 14.3 Å². The average molecular weight is 445 g/mol. The number of carbonyl (C=O) groups is 1. The molecule has 7 nitrogen and oxygen atoms in total. The highest BCUT2D eigenvalue weighted by molar-refractivity contribution is 7.99. The largest absolute Gasteiger partial charge is 0.300 e. The zero-order valence-corrected chi connectivity index (χ0v) is 17.4. The van der Waals surface area contributed by atoms with Crippen LogP contribution in [0.25, 0.3) is 0 Å². The van der Waals surface area contributed by atoms with Crippen molar-refractivity contribution in [3.8, 4) is 0 Å². The molecule has 2 N–H and O–H groups in total. The second-order valence-corrected chi connectivity index (χ2v) is 8.24. The molecule has 1 saturated heterocycles. The van der Waals surface area contributed by atoms with Gasteiger partial charge in [0.15, 0.2) is 5.16 Å². The zero-order chi connectivity index (χ0) is 21.8. The van der Waals surface area contributed by atoms with Crippen LogP contribution >= 0.6 is 11.8 Å². The number of nitrogens with one attached hydrogen (secondary N) is 1. The third-order valence-corrected chi connectivity index (χ3v) is 6.17. The first-order valence-corrected chi connectivity index (χ1v) is 10.7. The standard InChI is InChI=1S/C21H21F2N5O2S/c22-16-10-15(20(29)26-30)11-17(23)19(16)31-21-25-24-18(13-27-8-4-5-9-27)28(21)12-14-6-2-1-3-7-14/h1-3,6-7,10-11,30H,4-5,8-9,12-13H2,(H,26,29). The van der Waals surface area contributed by atoms with E-state index in [1.165, 1.54) is 5.48 Å². The first-order valence-electron chi connectivity index (χ1n) is 9.85. The van der Waals surface area contributed by atoms with E-state index in [0.717, 1.165) is 61.2 Å². The van der Waals surface area contributed by atoms with Crippen LogP contribution in [0.15, 0.2) is 52.5 Å². The summed E-state index contributed by atoms with van der Waals surface area (Å²) in [5, 5.41) is 17.6. The maximum atomic E-state index is 14.6. The molecule has 0 atom stereocenters. The lowest BCUT2D eigenvalue weighted by molar-refractivity contribution is 0.0705. The predicted molar refractivity (Wildman–Crippen MR) is 110 cm³/mol. The molecule has 1 aliphatic rings. The Bertz CT molecular complexity index is 1050. The molecular formula is C21H21F2N5O2S. The van der Waals surface area contributed by atoms with Crippen LogP contribution < -0.4 is 5.48 Å². The molecule has 1 amide bonds. The smallest absolute Gasteiger partial charge is 0.274 e. The number of amides is 1. The van der Waals surface area contributed by atoms with Gasteiger partial charge in [-0.2, -0.15) is 0 Å². The summed E-state index contributed by atoms with van der Waals surface area (Å²) < 4.78 is 31.1. The third kappa shape index (κ3) is 4.92. The van der Waals surface area contributed by atoms with Crippen LogP contribution in [0.2, 0.25) is 0 Å². The van der Waals surface area contributed by atoms with E-state index in [0.29, 0.717) is 18.2 Å². The third-order valence-electron chi connectivity index (χ3n) is 5.10. The predicted octanol–water partition coefficient (Wildman–Crippen LogP) is 3.47. The normalized spacial score (nSPS) is 14.2.